The Hall–Kier alpha value is -1.03. The fraction of sp³-hybridized carbons (Fsp3) is 0.700. The fourth-order valence-electron chi connectivity index (χ4n) is 1.47. The maximum atomic E-state index is 5.51. The first kappa shape index (κ1) is 11.0. The molecule has 0 bridgehead atoms. The van der Waals surface area contributed by atoms with E-state index in [0.717, 1.165) is 19.0 Å². The zero-order valence-corrected chi connectivity index (χ0v) is 9.27. The first-order valence-corrected chi connectivity index (χ1v) is 5.07. The SMILES string of the molecule is CC(C)Cn1ccnc1N(C)CCN. The molecular formula is C10H20N4. The predicted molar refractivity (Wildman–Crippen MR) is 59.4 cm³/mol. The molecule has 0 radical (unpaired) electrons. The van der Waals surface area contributed by atoms with E-state index in [9.17, 15) is 0 Å². The van der Waals surface area contributed by atoms with Gasteiger partial charge in [-0.3, -0.25) is 0 Å². The van der Waals surface area contributed by atoms with E-state index in [1.165, 1.54) is 0 Å². The van der Waals surface area contributed by atoms with E-state index >= 15 is 0 Å². The van der Waals surface area contributed by atoms with Crippen molar-refractivity contribution in [2.45, 2.75) is 20.4 Å². The summed E-state index contributed by atoms with van der Waals surface area (Å²) in [5.41, 5.74) is 5.51. The van der Waals surface area contributed by atoms with E-state index in [4.69, 9.17) is 5.73 Å². The largest absolute Gasteiger partial charge is 0.344 e. The molecule has 1 aromatic rings. The third kappa shape index (κ3) is 2.73. The van der Waals surface area contributed by atoms with Gasteiger partial charge >= 0.3 is 0 Å². The van der Waals surface area contributed by atoms with Gasteiger partial charge in [0.25, 0.3) is 0 Å². The molecule has 0 atom stereocenters. The Bertz CT molecular complexity index is 267. The minimum atomic E-state index is 0.634. The van der Waals surface area contributed by atoms with Crippen molar-refractivity contribution in [3.63, 3.8) is 0 Å². The van der Waals surface area contributed by atoms with Gasteiger partial charge in [-0.2, -0.15) is 0 Å². The van der Waals surface area contributed by atoms with Crippen LogP contribution in [0.4, 0.5) is 5.95 Å². The monoisotopic (exact) mass is 196 g/mol. The molecule has 0 saturated heterocycles. The number of aromatic nitrogens is 2. The molecule has 1 rings (SSSR count). The smallest absolute Gasteiger partial charge is 0.205 e. The Balaban J connectivity index is 2.70. The van der Waals surface area contributed by atoms with Crippen molar-refractivity contribution in [3.05, 3.63) is 12.4 Å². The van der Waals surface area contributed by atoms with E-state index < -0.39 is 0 Å². The number of nitrogens with zero attached hydrogens (tertiary/aromatic N) is 3. The Labute approximate surface area is 85.7 Å². The van der Waals surface area contributed by atoms with Gasteiger partial charge in [0, 0.05) is 39.1 Å². The van der Waals surface area contributed by atoms with Crippen molar-refractivity contribution in [2.75, 3.05) is 25.0 Å². The number of anilines is 1. The molecule has 0 fully saturated rings. The van der Waals surface area contributed by atoms with Crippen molar-refractivity contribution in [2.24, 2.45) is 11.7 Å². The van der Waals surface area contributed by atoms with Gasteiger partial charge in [-0.15, -0.1) is 0 Å². The number of hydrogen-bond acceptors (Lipinski definition) is 3. The van der Waals surface area contributed by atoms with Gasteiger partial charge in [0.2, 0.25) is 5.95 Å². The molecule has 4 nitrogen and oxygen atoms in total. The molecule has 0 aliphatic rings. The molecule has 14 heavy (non-hydrogen) atoms. The summed E-state index contributed by atoms with van der Waals surface area (Å²) in [4.78, 5) is 6.41. The highest BCUT2D eigenvalue weighted by molar-refractivity contribution is 5.29. The minimum absolute atomic E-state index is 0.634. The van der Waals surface area contributed by atoms with Gasteiger partial charge in [-0.05, 0) is 5.92 Å². The lowest BCUT2D eigenvalue weighted by Gasteiger charge is -2.19. The highest BCUT2D eigenvalue weighted by Crippen LogP contribution is 2.11. The molecule has 0 amide bonds. The second-order valence-corrected chi connectivity index (χ2v) is 3.98. The average Bonchev–Trinajstić information content (AvgIpc) is 2.51. The standard InChI is InChI=1S/C10H20N4/c1-9(2)8-14-7-5-12-10(14)13(3)6-4-11/h5,7,9H,4,6,8,11H2,1-3H3. The van der Waals surface area contributed by atoms with Crippen LogP contribution in [0.5, 0.6) is 0 Å². The van der Waals surface area contributed by atoms with Crippen molar-refractivity contribution >= 4 is 5.95 Å². The van der Waals surface area contributed by atoms with E-state index in [-0.39, 0.29) is 0 Å². The van der Waals surface area contributed by atoms with Crippen molar-refractivity contribution in [1.82, 2.24) is 9.55 Å². The Kier molecular flexibility index (Phi) is 3.95. The summed E-state index contributed by atoms with van der Waals surface area (Å²) in [6.45, 7) is 6.91. The van der Waals surface area contributed by atoms with Crippen LogP contribution in [0, 0.1) is 5.92 Å². The molecule has 4 heteroatoms. The summed E-state index contributed by atoms with van der Waals surface area (Å²) in [6, 6.07) is 0. The summed E-state index contributed by atoms with van der Waals surface area (Å²) in [7, 11) is 2.02. The second kappa shape index (κ2) is 5.00. The van der Waals surface area contributed by atoms with E-state index in [1.807, 2.05) is 19.4 Å². The molecule has 1 heterocycles. The quantitative estimate of drug-likeness (QED) is 0.762. The molecule has 0 aliphatic carbocycles. The summed E-state index contributed by atoms with van der Waals surface area (Å²) in [5.74, 6) is 1.64. The summed E-state index contributed by atoms with van der Waals surface area (Å²) >= 11 is 0. The molecule has 0 saturated carbocycles. The molecule has 0 aromatic carbocycles. The molecule has 80 valence electrons. The molecule has 1 aromatic heterocycles. The molecule has 0 spiro atoms. The lowest BCUT2D eigenvalue weighted by atomic mass is 10.2. The lowest BCUT2D eigenvalue weighted by molar-refractivity contribution is 0.521. The van der Waals surface area contributed by atoms with E-state index in [0.29, 0.717) is 12.5 Å². The van der Waals surface area contributed by atoms with Gasteiger partial charge in [-0.1, -0.05) is 13.8 Å². The van der Waals surface area contributed by atoms with Crippen LogP contribution in [0.3, 0.4) is 0 Å². The molecular weight excluding hydrogens is 176 g/mol. The zero-order chi connectivity index (χ0) is 10.6. The first-order chi connectivity index (χ1) is 6.65. The van der Waals surface area contributed by atoms with Crippen LogP contribution in [0.25, 0.3) is 0 Å². The van der Waals surface area contributed by atoms with Gasteiger partial charge < -0.3 is 15.2 Å². The van der Waals surface area contributed by atoms with Crippen molar-refractivity contribution in [1.29, 1.82) is 0 Å². The molecule has 0 unspecified atom stereocenters. The fourth-order valence-corrected chi connectivity index (χ4v) is 1.47. The number of hydrogen-bond donors (Lipinski definition) is 1. The Morgan fingerprint density at radius 3 is 2.86 bits per heavy atom. The molecule has 2 N–H and O–H groups in total. The van der Waals surface area contributed by atoms with Crippen LogP contribution >= 0.6 is 0 Å². The lowest BCUT2D eigenvalue weighted by Crippen LogP contribution is -2.28. The summed E-state index contributed by atoms with van der Waals surface area (Å²) in [5, 5.41) is 0. The van der Waals surface area contributed by atoms with Crippen molar-refractivity contribution < 1.29 is 0 Å². The van der Waals surface area contributed by atoms with Crippen LogP contribution in [0.1, 0.15) is 13.8 Å². The highest BCUT2D eigenvalue weighted by atomic mass is 15.3. The van der Waals surface area contributed by atoms with Crippen LogP contribution in [-0.2, 0) is 6.54 Å². The Morgan fingerprint density at radius 2 is 2.29 bits per heavy atom. The topological polar surface area (TPSA) is 47.1 Å². The number of nitrogens with two attached hydrogens (primary N) is 1. The van der Waals surface area contributed by atoms with Crippen LogP contribution in [-0.4, -0.2) is 29.7 Å². The average molecular weight is 196 g/mol. The zero-order valence-electron chi connectivity index (χ0n) is 9.27. The van der Waals surface area contributed by atoms with E-state index in [2.05, 4.69) is 28.3 Å². The first-order valence-electron chi connectivity index (χ1n) is 5.07. The minimum Gasteiger partial charge on any atom is -0.344 e. The normalized spacial score (nSPS) is 10.9. The maximum Gasteiger partial charge on any atom is 0.205 e. The maximum absolute atomic E-state index is 5.51. The predicted octanol–water partition coefficient (Wildman–Crippen LogP) is 0.934. The summed E-state index contributed by atoms with van der Waals surface area (Å²) in [6.07, 6.45) is 3.85. The number of likely N-dealkylation sites (N-methyl/N-ethyl adjacent to an activating group) is 1. The van der Waals surface area contributed by atoms with Crippen molar-refractivity contribution in [3.8, 4) is 0 Å². The molecule has 0 aliphatic heterocycles. The van der Waals surface area contributed by atoms with Gasteiger partial charge in [0.05, 0.1) is 0 Å². The van der Waals surface area contributed by atoms with Gasteiger partial charge in [-0.25, -0.2) is 4.98 Å². The van der Waals surface area contributed by atoms with Crippen LogP contribution in [0.15, 0.2) is 12.4 Å². The number of imidazole rings is 1. The van der Waals surface area contributed by atoms with Crippen LogP contribution in [0.2, 0.25) is 0 Å². The number of rotatable bonds is 5. The second-order valence-electron chi connectivity index (χ2n) is 3.98. The van der Waals surface area contributed by atoms with Crippen LogP contribution < -0.4 is 10.6 Å². The third-order valence-electron chi connectivity index (χ3n) is 2.06. The van der Waals surface area contributed by atoms with Gasteiger partial charge in [0.1, 0.15) is 0 Å². The highest BCUT2D eigenvalue weighted by Gasteiger charge is 2.08. The third-order valence-corrected chi connectivity index (χ3v) is 2.06. The Morgan fingerprint density at radius 1 is 1.57 bits per heavy atom. The van der Waals surface area contributed by atoms with Gasteiger partial charge in [0.15, 0.2) is 0 Å². The van der Waals surface area contributed by atoms with E-state index in [1.54, 1.807) is 0 Å². The summed E-state index contributed by atoms with van der Waals surface area (Å²) < 4.78 is 2.17.